The number of piperidine rings is 1. The topological polar surface area (TPSA) is 79.8 Å². The summed E-state index contributed by atoms with van der Waals surface area (Å²) >= 11 is 6.62. The van der Waals surface area contributed by atoms with Crippen LogP contribution in [-0.4, -0.2) is 70.9 Å². The zero-order valence-electron chi connectivity index (χ0n) is 23.8. The second-order valence-corrected chi connectivity index (χ2v) is 13.8. The molecule has 0 saturated carbocycles. The van der Waals surface area contributed by atoms with E-state index < -0.39 is 5.60 Å². The highest BCUT2D eigenvalue weighted by molar-refractivity contribution is 6.31. The molecule has 2 aliphatic carbocycles. The van der Waals surface area contributed by atoms with Crippen LogP contribution in [0.15, 0.2) is 18.2 Å². The minimum Gasteiger partial charge on any atom is -0.462 e. The van der Waals surface area contributed by atoms with Gasteiger partial charge < -0.3 is 19.7 Å². The highest BCUT2D eigenvalue weighted by Gasteiger charge is 2.50. The number of fused-ring (bicyclic) bond motifs is 5. The van der Waals surface area contributed by atoms with Gasteiger partial charge in [-0.2, -0.15) is 9.97 Å². The van der Waals surface area contributed by atoms with Gasteiger partial charge in [-0.1, -0.05) is 23.7 Å². The van der Waals surface area contributed by atoms with E-state index in [2.05, 4.69) is 22.3 Å². The second-order valence-electron chi connectivity index (χ2n) is 13.4. The molecule has 214 valence electrons. The number of halogens is 1. The van der Waals surface area contributed by atoms with Crippen LogP contribution >= 0.6 is 11.6 Å². The van der Waals surface area contributed by atoms with Crippen molar-refractivity contribution in [2.75, 3.05) is 31.1 Å². The molecule has 4 aliphatic heterocycles. The maximum absolute atomic E-state index is 12.9. The number of nitrogens with one attached hydrogen (secondary N) is 1. The first-order chi connectivity index (χ1) is 19.2. The third-order valence-electron chi connectivity index (χ3n) is 9.63. The van der Waals surface area contributed by atoms with E-state index in [0.29, 0.717) is 18.7 Å². The highest BCUT2D eigenvalue weighted by atomic mass is 35.5. The summed E-state index contributed by atoms with van der Waals surface area (Å²) in [5.41, 5.74) is 4.64. The van der Waals surface area contributed by atoms with Gasteiger partial charge in [0.2, 0.25) is 0 Å². The van der Waals surface area contributed by atoms with Crippen LogP contribution < -0.4 is 15.0 Å². The van der Waals surface area contributed by atoms with Crippen molar-refractivity contribution in [2.24, 2.45) is 0 Å². The molecule has 8 nitrogen and oxygen atoms in total. The zero-order valence-corrected chi connectivity index (χ0v) is 24.6. The molecule has 4 saturated heterocycles. The molecule has 0 radical (unpaired) electrons. The number of anilines is 1. The van der Waals surface area contributed by atoms with Crippen LogP contribution in [0.2, 0.25) is 5.02 Å². The van der Waals surface area contributed by atoms with E-state index >= 15 is 0 Å². The summed E-state index contributed by atoms with van der Waals surface area (Å²) in [6.45, 7) is 8.90. The van der Waals surface area contributed by atoms with Gasteiger partial charge in [0.15, 0.2) is 0 Å². The van der Waals surface area contributed by atoms with Gasteiger partial charge in [0.25, 0.3) is 0 Å². The number of benzene rings is 1. The van der Waals surface area contributed by atoms with Gasteiger partial charge >= 0.3 is 12.1 Å². The third-order valence-corrected chi connectivity index (χ3v) is 9.98. The van der Waals surface area contributed by atoms with E-state index in [1.807, 2.05) is 31.7 Å². The van der Waals surface area contributed by atoms with E-state index in [1.165, 1.54) is 23.1 Å². The van der Waals surface area contributed by atoms with Gasteiger partial charge in [-0.25, -0.2) is 4.79 Å². The molecule has 4 fully saturated rings. The Morgan fingerprint density at radius 3 is 2.65 bits per heavy atom. The van der Waals surface area contributed by atoms with E-state index in [1.54, 1.807) is 0 Å². The first kappa shape index (κ1) is 26.3. The number of nitrogens with zero attached hydrogens (tertiary/aromatic N) is 4. The minimum atomic E-state index is -0.494. The Morgan fingerprint density at radius 2 is 1.93 bits per heavy atom. The summed E-state index contributed by atoms with van der Waals surface area (Å²) in [7, 11) is 0. The Bertz CT molecular complexity index is 1310. The number of carbonyl (C=O) groups is 1. The number of ether oxygens (including phenoxy) is 2. The molecule has 1 N–H and O–H groups in total. The lowest BCUT2D eigenvalue weighted by Gasteiger charge is -2.56. The van der Waals surface area contributed by atoms with E-state index in [4.69, 9.17) is 31.0 Å². The minimum absolute atomic E-state index is 0.0701. The molecule has 1 spiro atoms. The summed E-state index contributed by atoms with van der Waals surface area (Å²) in [5, 5.41) is 4.40. The first-order valence-corrected chi connectivity index (χ1v) is 15.4. The molecule has 2 aromatic rings. The summed E-state index contributed by atoms with van der Waals surface area (Å²) in [4.78, 5) is 27.3. The van der Waals surface area contributed by atoms with Gasteiger partial charge in [-0.15, -0.1) is 0 Å². The Labute approximate surface area is 241 Å². The fourth-order valence-corrected chi connectivity index (χ4v) is 7.99. The summed E-state index contributed by atoms with van der Waals surface area (Å²) in [5.74, 6) is 0.997. The maximum atomic E-state index is 12.9. The quantitative estimate of drug-likeness (QED) is 0.568. The summed E-state index contributed by atoms with van der Waals surface area (Å²) < 4.78 is 12.0. The lowest BCUT2D eigenvalue weighted by atomic mass is 9.69. The van der Waals surface area contributed by atoms with Crippen molar-refractivity contribution < 1.29 is 14.3 Å². The van der Waals surface area contributed by atoms with Crippen LogP contribution in [0.25, 0.3) is 0 Å². The van der Waals surface area contributed by atoms with Crippen molar-refractivity contribution in [1.29, 1.82) is 0 Å². The normalized spacial score (nSPS) is 28.8. The predicted octanol–water partition coefficient (Wildman–Crippen LogP) is 4.83. The second kappa shape index (κ2) is 9.76. The molecule has 1 amide bonds. The molecule has 9 heteroatoms. The summed E-state index contributed by atoms with van der Waals surface area (Å²) in [6.07, 6.45) is 8.12. The van der Waals surface area contributed by atoms with Crippen LogP contribution in [0, 0.1) is 0 Å². The number of amides is 1. The zero-order chi connectivity index (χ0) is 27.6. The van der Waals surface area contributed by atoms with Crippen molar-refractivity contribution in [2.45, 2.75) is 101 Å². The molecule has 3 unspecified atom stereocenters. The average molecular weight is 566 g/mol. The predicted molar refractivity (Wildman–Crippen MR) is 155 cm³/mol. The van der Waals surface area contributed by atoms with E-state index in [9.17, 15) is 4.79 Å². The van der Waals surface area contributed by atoms with Crippen LogP contribution in [-0.2, 0) is 29.4 Å². The van der Waals surface area contributed by atoms with Crippen LogP contribution in [0.4, 0.5) is 10.6 Å². The SMILES string of the molecule is CC(C)(C)OC(=O)N1C2CC1CN(c1nc(OC[C@@H]3CCCN3)nc3c1CCC1(CCc4c(Cl)cccc41)C3)C2. The number of hydrogen-bond donors (Lipinski definition) is 1. The average Bonchev–Trinajstić information content (AvgIpc) is 3.55. The Morgan fingerprint density at radius 1 is 1.15 bits per heavy atom. The lowest BCUT2D eigenvalue weighted by molar-refractivity contribution is -0.0381. The van der Waals surface area contributed by atoms with Crippen LogP contribution in [0.3, 0.4) is 0 Å². The molecule has 6 aliphatic rings. The maximum Gasteiger partial charge on any atom is 0.410 e. The molecule has 40 heavy (non-hydrogen) atoms. The van der Waals surface area contributed by atoms with Crippen molar-refractivity contribution in [1.82, 2.24) is 20.2 Å². The van der Waals surface area contributed by atoms with Crippen LogP contribution in [0.1, 0.15) is 75.3 Å². The molecule has 5 heterocycles. The number of carbonyl (C=O) groups excluding carboxylic acids is 1. The molecule has 1 aromatic heterocycles. The smallest absolute Gasteiger partial charge is 0.410 e. The molecule has 1 aromatic carbocycles. The van der Waals surface area contributed by atoms with E-state index in [0.717, 1.165) is 81.1 Å². The highest BCUT2D eigenvalue weighted by Crippen LogP contribution is 2.50. The molecular weight excluding hydrogens is 526 g/mol. The van der Waals surface area contributed by atoms with Gasteiger partial charge in [-0.05, 0) is 95.9 Å². The monoisotopic (exact) mass is 565 g/mol. The van der Waals surface area contributed by atoms with Gasteiger partial charge in [0.05, 0.1) is 17.8 Å². The van der Waals surface area contributed by atoms with Gasteiger partial charge in [0.1, 0.15) is 18.0 Å². The fraction of sp³-hybridized carbons (Fsp3) is 0.645. The largest absolute Gasteiger partial charge is 0.462 e. The van der Waals surface area contributed by atoms with E-state index in [-0.39, 0.29) is 23.6 Å². The Balaban J connectivity index is 1.17. The number of aromatic nitrogens is 2. The van der Waals surface area contributed by atoms with Gasteiger partial charge in [-0.3, -0.25) is 4.90 Å². The molecule has 4 atom stereocenters. The third kappa shape index (κ3) is 4.61. The molecular formula is C31H40ClN5O3. The van der Waals surface area contributed by atoms with Crippen LogP contribution in [0.5, 0.6) is 6.01 Å². The Kier molecular flexibility index (Phi) is 6.42. The van der Waals surface area contributed by atoms with Crippen molar-refractivity contribution >= 4 is 23.5 Å². The van der Waals surface area contributed by atoms with Crippen molar-refractivity contribution in [3.8, 4) is 6.01 Å². The lowest BCUT2D eigenvalue weighted by Crippen LogP contribution is -2.70. The molecule has 8 rings (SSSR count). The first-order valence-electron chi connectivity index (χ1n) is 15.0. The number of hydrogen-bond acceptors (Lipinski definition) is 7. The fourth-order valence-electron chi connectivity index (χ4n) is 7.72. The van der Waals surface area contributed by atoms with Crippen molar-refractivity contribution in [3.63, 3.8) is 0 Å². The molecule has 2 bridgehead atoms. The number of piperazine rings is 1. The number of rotatable bonds is 4. The summed E-state index contributed by atoms with van der Waals surface area (Å²) in [6, 6.07) is 7.50. The standard InChI is InChI=1S/C31H40ClN5O3/c1-30(2,3)40-29(38)37-20-14-21(37)17-36(16-20)27-23-10-12-31(11-9-22-24(31)7-4-8-25(22)32)15-26(23)34-28(35-27)39-18-19-6-5-13-33-19/h4,7-8,19-21,33H,5-6,9-18H2,1-3H3/t19-,20?,21?,31?/m0/s1. The Hall–Kier alpha value is -2.58. The van der Waals surface area contributed by atoms with Crippen molar-refractivity contribution in [3.05, 3.63) is 45.6 Å². The van der Waals surface area contributed by atoms with Gasteiger partial charge in [0, 0.05) is 35.1 Å².